The Morgan fingerprint density at radius 1 is 1.62 bits per heavy atom. The summed E-state index contributed by atoms with van der Waals surface area (Å²) in [6.07, 6.45) is -0.236. The Hall–Kier alpha value is -0.0200. The summed E-state index contributed by atoms with van der Waals surface area (Å²) in [4.78, 5) is 10.2. The minimum absolute atomic E-state index is 0. The molecule has 50 valence electrons. The van der Waals surface area contributed by atoms with E-state index in [4.69, 9.17) is 0 Å². The van der Waals surface area contributed by atoms with Gasteiger partial charge in [0.1, 0.15) is 6.10 Å². The average molecular weight is 136 g/mol. The van der Waals surface area contributed by atoms with Crippen LogP contribution in [0.15, 0.2) is 0 Å². The van der Waals surface area contributed by atoms with Crippen LogP contribution in [0.5, 0.6) is 0 Å². The molecule has 0 fully saturated rings. The first-order valence-electron chi connectivity index (χ1n) is 2.21. The van der Waals surface area contributed by atoms with Gasteiger partial charge in [-0.1, -0.05) is 0 Å². The zero-order valence-corrected chi connectivity index (χ0v) is 6.39. The van der Waals surface area contributed by atoms with E-state index in [1.54, 1.807) is 6.92 Å². The van der Waals surface area contributed by atoms with Crippen molar-refractivity contribution in [2.75, 3.05) is 7.11 Å². The van der Waals surface area contributed by atoms with Crippen molar-refractivity contribution in [3.8, 4) is 0 Å². The highest BCUT2D eigenvalue weighted by molar-refractivity contribution is 7.59. The number of rotatable bonds is 2. The molecule has 0 aliphatic carbocycles. The summed E-state index contributed by atoms with van der Waals surface area (Å²) in [5.74, 6) is 0.0718. The molecule has 0 radical (unpaired) electrons. The molecule has 0 aliphatic rings. The van der Waals surface area contributed by atoms with Crippen molar-refractivity contribution >= 4 is 19.3 Å². The highest BCUT2D eigenvalue weighted by Gasteiger charge is 2.01. The number of ether oxygens (including phenoxy) is 1. The zero-order valence-electron chi connectivity index (χ0n) is 5.39. The zero-order chi connectivity index (χ0) is 5.86. The largest absolute Gasteiger partial charge is 0.374 e. The predicted molar refractivity (Wildman–Crippen MR) is 37.5 cm³/mol. The van der Waals surface area contributed by atoms with Gasteiger partial charge in [-0.25, -0.2) is 0 Å². The first-order valence-corrected chi connectivity index (χ1v) is 2.21. The van der Waals surface area contributed by atoms with Crippen LogP contribution >= 0.6 is 13.5 Å². The summed E-state index contributed by atoms with van der Waals surface area (Å²) in [6, 6.07) is 0. The van der Waals surface area contributed by atoms with Gasteiger partial charge in [-0.05, 0) is 13.8 Å². The summed E-state index contributed by atoms with van der Waals surface area (Å²) in [6.45, 7) is 3.23. The van der Waals surface area contributed by atoms with Gasteiger partial charge in [0.15, 0.2) is 5.78 Å². The second kappa shape index (κ2) is 5.12. The number of carbonyl (C=O) groups is 1. The maximum Gasteiger partial charge on any atom is 0.158 e. The third kappa shape index (κ3) is 4.15. The first-order chi connectivity index (χ1) is 3.18. The molecule has 0 bridgehead atoms. The molecule has 0 saturated heterocycles. The monoisotopic (exact) mass is 136 g/mol. The third-order valence-electron chi connectivity index (χ3n) is 0.926. The molecule has 0 rings (SSSR count). The second-order valence-electron chi connectivity index (χ2n) is 1.49. The van der Waals surface area contributed by atoms with Crippen LogP contribution in [0.2, 0.25) is 0 Å². The molecule has 0 aliphatic heterocycles. The number of hydrogen-bond acceptors (Lipinski definition) is 2. The molecular formula is C5H12O2S. The lowest BCUT2D eigenvalue weighted by molar-refractivity contribution is -0.125. The quantitative estimate of drug-likeness (QED) is 0.559. The number of ketones is 1. The Balaban J connectivity index is 0. The molecule has 0 heterocycles. The van der Waals surface area contributed by atoms with E-state index in [2.05, 4.69) is 4.74 Å². The summed E-state index contributed by atoms with van der Waals surface area (Å²) in [5.41, 5.74) is 0. The highest BCUT2D eigenvalue weighted by Crippen LogP contribution is 1.85. The van der Waals surface area contributed by atoms with Gasteiger partial charge < -0.3 is 4.74 Å². The van der Waals surface area contributed by atoms with Crippen molar-refractivity contribution in [3.63, 3.8) is 0 Å². The second-order valence-corrected chi connectivity index (χ2v) is 1.49. The molecule has 3 heteroatoms. The van der Waals surface area contributed by atoms with E-state index < -0.39 is 0 Å². The van der Waals surface area contributed by atoms with E-state index in [1.807, 2.05) is 0 Å². The van der Waals surface area contributed by atoms with Crippen molar-refractivity contribution < 1.29 is 9.53 Å². The number of Topliss-reactive ketones (excluding diaryl/α,β-unsaturated/α-hetero) is 1. The average Bonchev–Trinajstić information content (AvgIpc) is 1.65. The van der Waals surface area contributed by atoms with Gasteiger partial charge >= 0.3 is 0 Å². The summed E-state index contributed by atoms with van der Waals surface area (Å²) >= 11 is 0. The van der Waals surface area contributed by atoms with Gasteiger partial charge in [0.2, 0.25) is 0 Å². The molecule has 0 aromatic rings. The van der Waals surface area contributed by atoms with Crippen molar-refractivity contribution in [2.45, 2.75) is 20.0 Å². The Bertz CT molecular complexity index is 72.8. The maximum atomic E-state index is 10.2. The van der Waals surface area contributed by atoms with Crippen molar-refractivity contribution in [3.05, 3.63) is 0 Å². The van der Waals surface area contributed by atoms with Crippen LogP contribution in [0, 0.1) is 0 Å². The molecule has 0 N–H and O–H groups in total. The molecule has 2 nitrogen and oxygen atoms in total. The normalized spacial score (nSPS) is 11.9. The Morgan fingerprint density at radius 2 is 2.00 bits per heavy atom. The Kier molecular flexibility index (Phi) is 6.96. The molecule has 0 amide bonds. The first kappa shape index (κ1) is 10.9. The van der Waals surface area contributed by atoms with E-state index in [-0.39, 0.29) is 25.4 Å². The van der Waals surface area contributed by atoms with E-state index in [1.165, 1.54) is 14.0 Å². The number of methoxy groups -OCH3 is 1. The highest BCUT2D eigenvalue weighted by atomic mass is 32.1. The van der Waals surface area contributed by atoms with Crippen LogP contribution in [-0.4, -0.2) is 19.0 Å². The van der Waals surface area contributed by atoms with Gasteiger partial charge in [-0.15, -0.1) is 0 Å². The molecular weight excluding hydrogens is 124 g/mol. The van der Waals surface area contributed by atoms with Gasteiger partial charge in [-0.2, -0.15) is 13.5 Å². The molecule has 1 unspecified atom stereocenters. The van der Waals surface area contributed by atoms with E-state index in [0.29, 0.717) is 0 Å². The molecule has 0 aromatic carbocycles. The summed E-state index contributed by atoms with van der Waals surface area (Å²) in [5, 5.41) is 0. The predicted octanol–water partition coefficient (Wildman–Crippen LogP) is 0.723. The van der Waals surface area contributed by atoms with Crippen molar-refractivity contribution in [1.82, 2.24) is 0 Å². The Labute approximate surface area is 56.7 Å². The van der Waals surface area contributed by atoms with E-state index in [9.17, 15) is 4.79 Å². The van der Waals surface area contributed by atoms with Crippen LogP contribution in [-0.2, 0) is 9.53 Å². The number of carbonyl (C=O) groups excluding carboxylic acids is 1. The van der Waals surface area contributed by atoms with Crippen LogP contribution in [0.25, 0.3) is 0 Å². The van der Waals surface area contributed by atoms with E-state index >= 15 is 0 Å². The van der Waals surface area contributed by atoms with Crippen LogP contribution in [0.3, 0.4) is 0 Å². The minimum Gasteiger partial charge on any atom is -0.374 e. The molecule has 1 atom stereocenters. The van der Waals surface area contributed by atoms with Gasteiger partial charge in [0.25, 0.3) is 0 Å². The Morgan fingerprint density at radius 3 is 2.00 bits per heavy atom. The van der Waals surface area contributed by atoms with Crippen LogP contribution in [0.1, 0.15) is 13.8 Å². The molecule has 0 aromatic heterocycles. The lowest BCUT2D eigenvalue weighted by Gasteiger charge is -2.00. The van der Waals surface area contributed by atoms with Gasteiger partial charge in [0, 0.05) is 7.11 Å². The summed E-state index contributed by atoms with van der Waals surface area (Å²) in [7, 11) is 1.52. The SMILES string of the molecule is COC(C)C(C)=O.S. The number of hydrogen-bond donors (Lipinski definition) is 0. The molecule has 0 spiro atoms. The topological polar surface area (TPSA) is 26.3 Å². The third-order valence-corrected chi connectivity index (χ3v) is 0.926. The summed E-state index contributed by atoms with van der Waals surface area (Å²) < 4.78 is 4.66. The van der Waals surface area contributed by atoms with Crippen molar-refractivity contribution in [1.29, 1.82) is 0 Å². The van der Waals surface area contributed by atoms with Crippen molar-refractivity contribution in [2.24, 2.45) is 0 Å². The van der Waals surface area contributed by atoms with Crippen LogP contribution < -0.4 is 0 Å². The lowest BCUT2D eigenvalue weighted by Crippen LogP contribution is -2.14. The molecule has 0 saturated carbocycles. The fourth-order valence-corrected chi connectivity index (χ4v) is 0.166. The smallest absolute Gasteiger partial charge is 0.158 e. The standard InChI is InChI=1S/C5H10O2.H2S/c1-4(6)5(2)7-3;/h5H,1-3H3;1H2. The van der Waals surface area contributed by atoms with Gasteiger partial charge in [-0.3, -0.25) is 4.79 Å². The lowest BCUT2D eigenvalue weighted by atomic mass is 10.3. The fraction of sp³-hybridized carbons (Fsp3) is 0.800. The minimum atomic E-state index is -0.236. The van der Waals surface area contributed by atoms with Crippen LogP contribution in [0.4, 0.5) is 0 Å². The molecule has 8 heavy (non-hydrogen) atoms. The van der Waals surface area contributed by atoms with Gasteiger partial charge in [0.05, 0.1) is 0 Å². The fourth-order valence-electron chi connectivity index (χ4n) is 0.166. The maximum absolute atomic E-state index is 10.2. The van der Waals surface area contributed by atoms with E-state index in [0.717, 1.165) is 0 Å².